The molecule has 5 rings (SSSR count). The number of nitrogens with zero attached hydrogens (tertiary/aromatic N) is 4. The van der Waals surface area contributed by atoms with E-state index in [9.17, 15) is 0 Å². The van der Waals surface area contributed by atoms with Gasteiger partial charge in [-0.3, -0.25) is 4.98 Å². The summed E-state index contributed by atoms with van der Waals surface area (Å²) in [6, 6.07) is 11.8. The SMILES string of the molecule is Cc1c2ccncc2cc2c3cc(OCc4nccn4COCC[Si](C)(C)C)ccc3n(C)c12. The predicted octanol–water partition coefficient (Wildman–Crippen LogP) is 6.28. The highest BCUT2D eigenvalue weighted by Gasteiger charge is 2.15. The zero-order valence-electron chi connectivity index (χ0n) is 20.6. The van der Waals surface area contributed by atoms with Crippen molar-refractivity contribution >= 4 is 40.7 Å². The highest BCUT2D eigenvalue weighted by atomic mass is 28.3. The first-order valence-corrected chi connectivity index (χ1v) is 15.5. The molecule has 0 aliphatic carbocycles. The van der Waals surface area contributed by atoms with Gasteiger partial charge in [0.25, 0.3) is 0 Å². The molecule has 6 nitrogen and oxygen atoms in total. The van der Waals surface area contributed by atoms with Crippen LogP contribution in [0.1, 0.15) is 11.4 Å². The molecule has 2 aromatic carbocycles. The van der Waals surface area contributed by atoms with Crippen LogP contribution in [0.5, 0.6) is 5.75 Å². The minimum atomic E-state index is -1.09. The third-order valence-corrected chi connectivity index (χ3v) is 8.22. The van der Waals surface area contributed by atoms with Crippen molar-refractivity contribution < 1.29 is 9.47 Å². The average molecular weight is 473 g/mol. The molecule has 0 aliphatic heterocycles. The number of aryl methyl sites for hydroxylation is 2. The molecule has 3 heterocycles. The molecule has 0 spiro atoms. The molecule has 0 saturated carbocycles. The van der Waals surface area contributed by atoms with E-state index in [0.717, 1.165) is 29.6 Å². The Morgan fingerprint density at radius 1 is 1.00 bits per heavy atom. The van der Waals surface area contributed by atoms with E-state index in [4.69, 9.17) is 9.47 Å². The summed E-state index contributed by atoms with van der Waals surface area (Å²) in [5.41, 5.74) is 3.70. The predicted molar refractivity (Wildman–Crippen MR) is 141 cm³/mol. The van der Waals surface area contributed by atoms with Crippen molar-refractivity contribution in [3.05, 3.63) is 66.5 Å². The third-order valence-electron chi connectivity index (χ3n) is 6.52. The van der Waals surface area contributed by atoms with Crippen molar-refractivity contribution in [2.45, 2.75) is 45.9 Å². The summed E-state index contributed by atoms with van der Waals surface area (Å²) in [6.45, 7) is 11.0. The molecule has 7 heteroatoms. The van der Waals surface area contributed by atoms with Crippen molar-refractivity contribution in [2.24, 2.45) is 7.05 Å². The number of hydrogen-bond acceptors (Lipinski definition) is 4. The first-order valence-electron chi connectivity index (χ1n) is 11.8. The van der Waals surface area contributed by atoms with Gasteiger partial charge in [-0.15, -0.1) is 0 Å². The zero-order chi connectivity index (χ0) is 23.9. The summed E-state index contributed by atoms with van der Waals surface area (Å²) < 4.78 is 16.4. The van der Waals surface area contributed by atoms with Crippen LogP contribution in [-0.2, 0) is 25.1 Å². The summed E-state index contributed by atoms with van der Waals surface area (Å²) in [5, 5.41) is 4.80. The van der Waals surface area contributed by atoms with Gasteiger partial charge in [-0.1, -0.05) is 19.6 Å². The fourth-order valence-electron chi connectivity index (χ4n) is 4.57. The normalized spacial score (nSPS) is 12.3. The second-order valence-corrected chi connectivity index (χ2v) is 15.8. The minimum Gasteiger partial charge on any atom is -0.486 e. The van der Waals surface area contributed by atoms with Crippen LogP contribution in [0.4, 0.5) is 0 Å². The Hall–Kier alpha value is -3.16. The van der Waals surface area contributed by atoms with Crippen molar-refractivity contribution in [1.29, 1.82) is 0 Å². The van der Waals surface area contributed by atoms with E-state index in [0.29, 0.717) is 13.3 Å². The average Bonchev–Trinajstić information content (AvgIpc) is 3.37. The molecular formula is C27H32N4O2Si. The highest BCUT2D eigenvalue weighted by Crippen LogP contribution is 2.36. The third kappa shape index (κ3) is 4.33. The lowest BCUT2D eigenvalue weighted by molar-refractivity contribution is 0.0825. The van der Waals surface area contributed by atoms with Crippen LogP contribution in [0.15, 0.2) is 55.1 Å². The molecule has 0 atom stereocenters. The zero-order valence-corrected chi connectivity index (χ0v) is 21.6. The molecular weight excluding hydrogens is 440 g/mol. The Balaban J connectivity index is 1.38. The molecule has 34 heavy (non-hydrogen) atoms. The topological polar surface area (TPSA) is 54.1 Å². The van der Waals surface area contributed by atoms with Gasteiger partial charge in [-0.2, -0.15) is 0 Å². The van der Waals surface area contributed by atoms with Gasteiger partial charge in [0.2, 0.25) is 0 Å². The van der Waals surface area contributed by atoms with E-state index in [-0.39, 0.29) is 0 Å². The van der Waals surface area contributed by atoms with Gasteiger partial charge in [0.1, 0.15) is 24.9 Å². The highest BCUT2D eigenvalue weighted by molar-refractivity contribution is 6.76. The Morgan fingerprint density at radius 3 is 2.68 bits per heavy atom. The molecule has 0 radical (unpaired) electrons. The van der Waals surface area contributed by atoms with Crippen molar-refractivity contribution in [3.8, 4) is 5.75 Å². The lowest BCUT2D eigenvalue weighted by Crippen LogP contribution is -2.22. The Labute approximate surface area is 201 Å². The smallest absolute Gasteiger partial charge is 0.148 e. The summed E-state index contributed by atoms with van der Waals surface area (Å²) in [4.78, 5) is 8.80. The fraction of sp³-hybridized carbons (Fsp3) is 0.333. The van der Waals surface area contributed by atoms with E-state index >= 15 is 0 Å². The van der Waals surface area contributed by atoms with Gasteiger partial charge < -0.3 is 18.6 Å². The first kappa shape index (κ1) is 22.6. The number of rotatable bonds is 8. The summed E-state index contributed by atoms with van der Waals surface area (Å²) in [7, 11) is 1.04. The van der Waals surface area contributed by atoms with Gasteiger partial charge in [0.05, 0.1) is 5.52 Å². The fourth-order valence-corrected chi connectivity index (χ4v) is 5.33. The summed E-state index contributed by atoms with van der Waals surface area (Å²) in [5.74, 6) is 1.69. The van der Waals surface area contributed by atoms with Crippen LogP contribution >= 0.6 is 0 Å². The molecule has 0 bridgehead atoms. The summed E-state index contributed by atoms with van der Waals surface area (Å²) >= 11 is 0. The number of ether oxygens (including phenoxy) is 2. The molecule has 5 aromatic rings. The van der Waals surface area contributed by atoms with Crippen LogP contribution in [0.3, 0.4) is 0 Å². The van der Waals surface area contributed by atoms with Gasteiger partial charge >= 0.3 is 0 Å². The van der Waals surface area contributed by atoms with E-state index in [1.165, 1.54) is 32.8 Å². The second kappa shape index (κ2) is 8.89. The van der Waals surface area contributed by atoms with E-state index < -0.39 is 8.07 Å². The van der Waals surface area contributed by atoms with Gasteiger partial charge in [-0.05, 0) is 54.2 Å². The van der Waals surface area contributed by atoms with E-state index in [1.54, 1.807) is 6.20 Å². The van der Waals surface area contributed by atoms with E-state index in [1.807, 2.05) is 29.2 Å². The molecule has 176 valence electrons. The van der Waals surface area contributed by atoms with Crippen molar-refractivity contribution in [2.75, 3.05) is 6.61 Å². The van der Waals surface area contributed by atoms with Gasteiger partial charge in [0.15, 0.2) is 0 Å². The molecule has 0 N–H and O–H groups in total. The lowest BCUT2D eigenvalue weighted by Gasteiger charge is -2.16. The standard InChI is InChI=1S/C27H32N4O2Si/c1-19-22-8-9-28-16-20(22)14-24-23-15-21(6-7-25(23)30(2)27(19)24)33-17-26-29-10-11-31(26)18-32-12-13-34(3,4)5/h6-11,14-16H,12-13,17-18H2,1-5H3. The number of pyridine rings is 1. The van der Waals surface area contributed by atoms with Gasteiger partial charge in [-0.25, -0.2) is 4.98 Å². The van der Waals surface area contributed by atoms with E-state index in [2.05, 4.69) is 72.4 Å². The molecule has 0 amide bonds. The molecule has 0 fully saturated rings. The Bertz CT molecular complexity index is 1480. The van der Waals surface area contributed by atoms with Crippen LogP contribution in [0.25, 0.3) is 32.6 Å². The molecule has 3 aromatic heterocycles. The number of fused-ring (bicyclic) bond motifs is 4. The van der Waals surface area contributed by atoms with Crippen LogP contribution in [-0.4, -0.2) is 33.8 Å². The molecule has 0 saturated heterocycles. The van der Waals surface area contributed by atoms with Crippen LogP contribution in [0.2, 0.25) is 25.7 Å². The number of imidazole rings is 1. The summed E-state index contributed by atoms with van der Waals surface area (Å²) in [6.07, 6.45) is 7.54. The number of hydrogen-bond donors (Lipinski definition) is 0. The lowest BCUT2D eigenvalue weighted by atomic mass is 10.0. The van der Waals surface area contributed by atoms with Gasteiger partial charge in [0, 0.05) is 68.2 Å². The van der Waals surface area contributed by atoms with Crippen LogP contribution < -0.4 is 4.74 Å². The number of benzene rings is 2. The minimum absolute atomic E-state index is 0.395. The monoisotopic (exact) mass is 472 g/mol. The number of aromatic nitrogens is 4. The Kier molecular flexibility index (Phi) is 5.91. The second-order valence-electron chi connectivity index (χ2n) is 10.2. The van der Waals surface area contributed by atoms with Crippen molar-refractivity contribution in [1.82, 2.24) is 19.1 Å². The first-order chi connectivity index (χ1) is 16.3. The molecule has 0 aliphatic rings. The van der Waals surface area contributed by atoms with Crippen LogP contribution in [0, 0.1) is 6.92 Å². The Morgan fingerprint density at radius 2 is 1.85 bits per heavy atom. The quantitative estimate of drug-likeness (QED) is 0.197. The maximum Gasteiger partial charge on any atom is 0.148 e. The molecule has 0 unspecified atom stereocenters. The maximum absolute atomic E-state index is 6.18. The largest absolute Gasteiger partial charge is 0.486 e. The maximum atomic E-state index is 6.18. The van der Waals surface area contributed by atoms with Crippen molar-refractivity contribution in [3.63, 3.8) is 0 Å².